The van der Waals surface area contributed by atoms with Crippen LogP contribution in [0.2, 0.25) is 0 Å². The van der Waals surface area contributed by atoms with Crippen LogP contribution in [0, 0.1) is 0 Å². The van der Waals surface area contributed by atoms with Crippen LogP contribution < -0.4 is 21.4 Å². The number of nitrogens with one attached hydrogen (secondary N) is 2. The highest BCUT2D eigenvalue weighted by Gasteiger charge is 2.16. The molecule has 2 N–H and O–H groups in total. The zero-order chi connectivity index (χ0) is 19.4. The quantitative estimate of drug-likeness (QED) is 0.462. The SMILES string of the molecule is COCCn1c(N/N=C\c2ccc(OC)cc2)nc2c1c(=O)[nH]c(=O)n2C. The standard InChI is InChI=1S/C17H20N6O4/c1-22-14-13(15(24)20-17(22)25)23(8-9-26-2)16(19-14)21-18-10-11-4-6-12(27-3)7-5-11/h4-7,10H,8-9H2,1-3H3,(H,19,21)(H,20,24,25)/b18-10-. The summed E-state index contributed by atoms with van der Waals surface area (Å²) in [6.07, 6.45) is 1.61. The predicted octanol–water partition coefficient (Wildman–Crippen LogP) is 0.524. The lowest BCUT2D eigenvalue weighted by atomic mass is 10.2. The Hall–Kier alpha value is -3.40. The second-order valence-electron chi connectivity index (χ2n) is 5.71. The van der Waals surface area contributed by atoms with Crippen LogP contribution in [0.15, 0.2) is 39.0 Å². The fourth-order valence-electron chi connectivity index (χ4n) is 2.57. The average Bonchev–Trinajstić information content (AvgIpc) is 3.04. The Kier molecular flexibility index (Phi) is 5.36. The molecule has 10 heteroatoms. The molecular weight excluding hydrogens is 352 g/mol. The first-order valence-electron chi connectivity index (χ1n) is 8.16. The molecule has 1 aromatic carbocycles. The number of methoxy groups -OCH3 is 2. The summed E-state index contributed by atoms with van der Waals surface area (Å²) in [5.74, 6) is 1.08. The molecule has 3 aromatic rings. The van der Waals surface area contributed by atoms with Crippen molar-refractivity contribution in [3.63, 3.8) is 0 Å². The number of hydrazone groups is 1. The Bertz CT molecular complexity index is 1080. The van der Waals surface area contributed by atoms with E-state index in [0.717, 1.165) is 11.3 Å². The van der Waals surface area contributed by atoms with Crippen molar-refractivity contribution >= 4 is 23.3 Å². The van der Waals surface area contributed by atoms with Crippen molar-refractivity contribution in [1.29, 1.82) is 0 Å². The van der Waals surface area contributed by atoms with E-state index in [1.165, 1.54) is 4.57 Å². The molecular formula is C17H20N6O4. The molecule has 0 radical (unpaired) electrons. The lowest BCUT2D eigenvalue weighted by Gasteiger charge is -2.07. The number of aromatic amines is 1. The number of aryl methyl sites for hydroxylation is 1. The molecule has 0 aliphatic heterocycles. The van der Waals surface area contributed by atoms with E-state index in [1.54, 1.807) is 32.0 Å². The predicted molar refractivity (Wildman–Crippen MR) is 102 cm³/mol. The molecule has 0 saturated carbocycles. The van der Waals surface area contributed by atoms with Gasteiger partial charge in [0.05, 0.1) is 19.9 Å². The van der Waals surface area contributed by atoms with Crippen LogP contribution in [-0.4, -0.2) is 46.1 Å². The zero-order valence-corrected chi connectivity index (χ0v) is 15.2. The maximum atomic E-state index is 12.3. The topological polar surface area (TPSA) is 116 Å². The van der Waals surface area contributed by atoms with Gasteiger partial charge in [0.1, 0.15) is 5.75 Å². The number of nitrogens with zero attached hydrogens (tertiary/aromatic N) is 4. The van der Waals surface area contributed by atoms with Gasteiger partial charge in [-0.1, -0.05) is 0 Å². The molecule has 3 rings (SSSR count). The molecule has 2 aromatic heterocycles. The highest BCUT2D eigenvalue weighted by molar-refractivity contribution is 5.80. The Morgan fingerprint density at radius 2 is 2.00 bits per heavy atom. The van der Waals surface area contributed by atoms with E-state index in [0.29, 0.717) is 19.1 Å². The molecule has 0 unspecified atom stereocenters. The van der Waals surface area contributed by atoms with Gasteiger partial charge >= 0.3 is 5.69 Å². The first-order chi connectivity index (χ1) is 13.0. The summed E-state index contributed by atoms with van der Waals surface area (Å²) in [5.41, 5.74) is 3.18. The summed E-state index contributed by atoms with van der Waals surface area (Å²) in [6, 6.07) is 7.35. The largest absolute Gasteiger partial charge is 0.497 e. The monoisotopic (exact) mass is 372 g/mol. The third-order valence-corrected chi connectivity index (χ3v) is 4.02. The van der Waals surface area contributed by atoms with Crippen LogP contribution in [0.4, 0.5) is 5.95 Å². The summed E-state index contributed by atoms with van der Waals surface area (Å²) in [7, 11) is 4.71. The van der Waals surface area contributed by atoms with Crippen molar-refractivity contribution in [2.75, 3.05) is 26.3 Å². The van der Waals surface area contributed by atoms with E-state index < -0.39 is 11.2 Å². The van der Waals surface area contributed by atoms with Crippen molar-refractivity contribution in [3.05, 3.63) is 50.7 Å². The van der Waals surface area contributed by atoms with Gasteiger partial charge in [-0.05, 0) is 29.8 Å². The normalized spacial score (nSPS) is 11.4. The van der Waals surface area contributed by atoms with Gasteiger partial charge in [-0.3, -0.25) is 14.3 Å². The number of benzene rings is 1. The number of fused-ring (bicyclic) bond motifs is 1. The van der Waals surface area contributed by atoms with Gasteiger partial charge in [-0.15, -0.1) is 0 Å². The van der Waals surface area contributed by atoms with Gasteiger partial charge in [-0.2, -0.15) is 10.1 Å². The second kappa shape index (κ2) is 7.87. The molecule has 0 aliphatic carbocycles. The molecule has 10 nitrogen and oxygen atoms in total. The first-order valence-corrected chi connectivity index (χ1v) is 8.16. The molecule has 142 valence electrons. The maximum Gasteiger partial charge on any atom is 0.329 e. The van der Waals surface area contributed by atoms with Gasteiger partial charge in [-0.25, -0.2) is 10.2 Å². The third-order valence-electron chi connectivity index (χ3n) is 4.02. The maximum absolute atomic E-state index is 12.3. The summed E-state index contributed by atoms with van der Waals surface area (Å²) in [4.78, 5) is 30.7. The molecule has 27 heavy (non-hydrogen) atoms. The highest BCUT2D eigenvalue weighted by atomic mass is 16.5. The molecule has 0 amide bonds. The van der Waals surface area contributed by atoms with Crippen LogP contribution in [0.25, 0.3) is 11.2 Å². The van der Waals surface area contributed by atoms with E-state index >= 15 is 0 Å². The number of aromatic nitrogens is 4. The minimum atomic E-state index is -0.530. The smallest absolute Gasteiger partial charge is 0.329 e. The number of hydrogen-bond donors (Lipinski definition) is 2. The van der Waals surface area contributed by atoms with Gasteiger partial charge in [0, 0.05) is 20.7 Å². The Labute approximate surface area is 154 Å². The highest BCUT2D eigenvalue weighted by Crippen LogP contribution is 2.15. The fourth-order valence-corrected chi connectivity index (χ4v) is 2.57. The first kappa shape index (κ1) is 18.4. The molecule has 0 bridgehead atoms. The van der Waals surface area contributed by atoms with Crippen molar-refractivity contribution in [1.82, 2.24) is 19.1 Å². The summed E-state index contributed by atoms with van der Waals surface area (Å²) in [5, 5.41) is 4.17. The van der Waals surface area contributed by atoms with Crippen molar-refractivity contribution in [2.24, 2.45) is 12.1 Å². The van der Waals surface area contributed by atoms with Gasteiger partial charge in [0.2, 0.25) is 5.95 Å². The van der Waals surface area contributed by atoms with Gasteiger partial charge < -0.3 is 14.0 Å². The third kappa shape index (κ3) is 3.75. The molecule has 0 aliphatic rings. The van der Waals surface area contributed by atoms with Gasteiger partial charge in [0.15, 0.2) is 11.2 Å². The fraction of sp³-hybridized carbons (Fsp3) is 0.294. The van der Waals surface area contributed by atoms with E-state index in [-0.39, 0.29) is 11.2 Å². The Morgan fingerprint density at radius 1 is 1.26 bits per heavy atom. The van der Waals surface area contributed by atoms with E-state index in [1.807, 2.05) is 24.3 Å². The number of H-pyrrole nitrogens is 1. The lowest BCUT2D eigenvalue weighted by molar-refractivity contribution is 0.188. The summed E-state index contributed by atoms with van der Waals surface area (Å²) in [6.45, 7) is 0.735. The number of rotatable bonds is 7. The van der Waals surface area contributed by atoms with Crippen LogP contribution in [-0.2, 0) is 18.3 Å². The molecule has 2 heterocycles. The Morgan fingerprint density at radius 3 is 2.67 bits per heavy atom. The van der Waals surface area contributed by atoms with Gasteiger partial charge in [0.25, 0.3) is 5.56 Å². The van der Waals surface area contributed by atoms with Crippen LogP contribution in [0.1, 0.15) is 5.56 Å². The number of anilines is 1. The Balaban J connectivity index is 1.95. The molecule has 0 atom stereocenters. The summed E-state index contributed by atoms with van der Waals surface area (Å²) >= 11 is 0. The average molecular weight is 372 g/mol. The minimum Gasteiger partial charge on any atom is -0.497 e. The zero-order valence-electron chi connectivity index (χ0n) is 15.2. The summed E-state index contributed by atoms with van der Waals surface area (Å²) < 4.78 is 13.1. The van der Waals surface area contributed by atoms with E-state index in [2.05, 4.69) is 20.5 Å². The second-order valence-corrected chi connectivity index (χ2v) is 5.71. The van der Waals surface area contributed by atoms with Crippen molar-refractivity contribution < 1.29 is 9.47 Å². The number of hydrogen-bond acceptors (Lipinski definition) is 7. The number of ether oxygens (including phenoxy) is 2. The van der Waals surface area contributed by atoms with Crippen LogP contribution in [0.3, 0.4) is 0 Å². The molecule has 0 saturated heterocycles. The van der Waals surface area contributed by atoms with Crippen LogP contribution in [0.5, 0.6) is 5.75 Å². The van der Waals surface area contributed by atoms with Crippen LogP contribution >= 0.6 is 0 Å². The molecule has 0 fully saturated rings. The van der Waals surface area contributed by atoms with E-state index in [9.17, 15) is 9.59 Å². The minimum absolute atomic E-state index is 0.266. The molecule has 0 spiro atoms. The lowest BCUT2D eigenvalue weighted by Crippen LogP contribution is -2.29. The number of imidazole rings is 1. The van der Waals surface area contributed by atoms with Crippen molar-refractivity contribution in [2.45, 2.75) is 6.54 Å². The van der Waals surface area contributed by atoms with E-state index in [4.69, 9.17) is 9.47 Å². The van der Waals surface area contributed by atoms with Crippen molar-refractivity contribution in [3.8, 4) is 5.75 Å².